The number of carboxylic acid groups (broad SMARTS) is 1. The second-order valence-corrected chi connectivity index (χ2v) is 8.98. The average Bonchev–Trinajstić information content (AvgIpc) is 2.98. The fraction of sp³-hybridized carbons (Fsp3) is 0.286. The van der Waals surface area contributed by atoms with Crippen LogP contribution in [0.5, 0.6) is 0 Å². The Kier molecular flexibility index (Phi) is 14.0. The van der Waals surface area contributed by atoms with Crippen LogP contribution in [-0.2, 0) is 38.2 Å². The topological polar surface area (TPSA) is 240 Å². The number of rotatable bonds is 14. The molecule has 17 nitrogen and oxygen atoms in total. The zero-order valence-corrected chi connectivity index (χ0v) is 24.4. The third-order valence-electron chi connectivity index (χ3n) is 5.44. The van der Waals surface area contributed by atoms with E-state index in [0.29, 0.717) is 16.8 Å². The van der Waals surface area contributed by atoms with Crippen molar-refractivity contribution in [3.8, 4) is 0 Å². The maximum absolute atomic E-state index is 12.9. The van der Waals surface area contributed by atoms with Crippen molar-refractivity contribution in [1.82, 2.24) is 21.4 Å². The van der Waals surface area contributed by atoms with Gasteiger partial charge in [-0.05, 0) is 23.3 Å². The summed E-state index contributed by atoms with van der Waals surface area (Å²) >= 11 is 0. The number of nitrogens with one attached hydrogen (secondary N) is 5. The van der Waals surface area contributed by atoms with E-state index in [4.69, 9.17) is 9.47 Å². The number of ether oxygens (including phenoxy) is 3. The first kappa shape index (κ1) is 35.2. The molecule has 2 aromatic carbocycles. The van der Waals surface area contributed by atoms with Gasteiger partial charge in [0.1, 0.15) is 6.04 Å². The van der Waals surface area contributed by atoms with Crippen LogP contribution in [0.15, 0.2) is 59.7 Å². The zero-order chi connectivity index (χ0) is 33.4. The Morgan fingerprint density at radius 1 is 0.933 bits per heavy atom. The van der Waals surface area contributed by atoms with Crippen molar-refractivity contribution >= 4 is 53.7 Å². The Bertz CT molecular complexity index is 1400. The number of anilines is 1. The lowest BCUT2D eigenvalue weighted by molar-refractivity contribution is -0.162. The van der Waals surface area contributed by atoms with Gasteiger partial charge in [0.15, 0.2) is 6.04 Å². The van der Waals surface area contributed by atoms with Gasteiger partial charge in [0.2, 0.25) is 18.1 Å². The summed E-state index contributed by atoms with van der Waals surface area (Å²) in [6.45, 7) is 1.90. The fourth-order valence-electron chi connectivity index (χ4n) is 3.50. The third kappa shape index (κ3) is 13.2. The molecule has 0 bridgehead atoms. The van der Waals surface area contributed by atoms with E-state index in [-0.39, 0.29) is 0 Å². The van der Waals surface area contributed by atoms with Crippen molar-refractivity contribution in [2.24, 2.45) is 5.10 Å². The number of carbonyl (C=O) groups excluding carboxylic acids is 6. The van der Waals surface area contributed by atoms with E-state index in [1.165, 1.54) is 25.3 Å². The smallest absolute Gasteiger partial charge is 0.430 e. The van der Waals surface area contributed by atoms with Crippen LogP contribution in [0, 0.1) is 0 Å². The highest BCUT2D eigenvalue weighted by atomic mass is 16.7. The number of carbonyl (C=O) groups is 7. The molecule has 2 aromatic rings. The van der Waals surface area contributed by atoms with E-state index >= 15 is 0 Å². The number of urea groups is 1. The predicted molar refractivity (Wildman–Crippen MR) is 155 cm³/mol. The molecular formula is C28H32N6O11. The zero-order valence-electron chi connectivity index (χ0n) is 24.4. The summed E-state index contributed by atoms with van der Waals surface area (Å²) in [5.74, 6) is -4.65. The first-order chi connectivity index (χ1) is 21.4. The molecule has 2 rings (SSSR count). The Hall–Kier alpha value is -6.00. The van der Waals surface area contributed by atoms with Crippen LogP contribution in [0.2, 0.25) is 0 Å². The van der Waals surface area contributed by atoms with Crippen molar-refractivity contribution in [2.45, 2.75) is 38.6 Å². The van der Waals surface area contributed by atoms with Crippen LogP contribution in [0.1, 0.15) is 37.4 Å². The van der Waals surface area contributed by atoms with Gasteiger partial charge in [-0.25, -0.2) is 19.8 Å². The minimum Gasteiger partial charge on any atom is -0.481 e. The Morgan fingerprint density at radius 2 is 1.60 bits per heavy atom. The molecular weight excluding hydrogens is 596 g/mol. The molecule has 0 spiro atoms. The van der Waals surface area contributed by atoms with E-state index < -0.39 is 73.2 Å². The molecule has 0 fully saturated rings. The molecule has 6 N–H and O–H groups in total. The van der Waals surface area contributed by atoms with Gasteiger partial charge in [0, 0.05) is 19.5 Å². The van der Waals surface area contributed by atoms with E-state index in [9.17, 15) is 38.7 Å². The monoisotopic (exact) mass is 628 g/mol. The molecule has 1 unspecified atom stereocenters. The maximum atomic E-state index is 12.9. The molecule has 240 valence electrons. The molecule has 0 heterocycles. The highest BCUT2D eigenvalue weighted by molar-refractivity contribution is 5.96. The van der Waals surface area contributed by atoms with Gasteiger partial charge < -0.3 is 40.6 Å². The number of hydrogen-bond donors (Lipinski definition) is 6. The van der Waals surface area contributed by atoms with Gasteiger partial charge in [-0.2, -0.15) is 5.10 Å². The fourth-order valence-corrected chi connectivity index (χ4v) is 3.50. The summed E-state index contributed by atoms with van der Waals surface area (Å²) in [5.41, 5.74) is 3.31. The molecule has 0 saturated carbocycles. The molecule has 17 heteroatoms. The number of hydrogen-bond acceptors (Lipinski definition) is 11. The SMILES string of the molecule is COC(=O)[C@@H](NC(=O)[C@H](CC(=O)O)NC(=O)CNC(=O)Nc1ccc(C=NNC(=O)OC(C)OC(C)=O)cc1)c1ccccc1. The Labute approximate surface area is 256 Å². The molecule has 45 heavy (non-hydrogen) atoms. The van der Waals surface area contributed by atoms with Crippen molar-refractivity contribution < 1.29 is 52.9 Å². The van der Waals surface area contributed by atoms with Crippen LogP contribution in [0.3, 0.4) is 0 Å². The number of aliphatic carboxylic acids is 1. The normalized spacial score (nSPS) is 12.4. The standard InChI is InChI=1S/C28H32N6O11/c1-16(35)44-17(2)45-28(42)34-30-14-18-9-11-20(12-10-18)31-27(41)29-15-22(36)32-21(13-23(37)38)25(39)33-24(26(40)43-3)19-7-5-4-6-8-19/h4-12,14,17,21,24H,13,15H2,1-3H3,(H,32,36)(H,33,39)(H,34,42)(H,37,38)(H2,29,31,41)/t17?,21-,24-/m0/s1. The first-order valence-corrected chi connectivity index (χ1v) is 13.1. The van der Waals surface area contributed by atoms with Crippen LogP contribution in [-0.4, -0.2) is 79.2 Å². The summed E-state index contributed by atoms with van der Waals surface area (Å²) in [6.07, 6.45) is -1.57. The number of methoxy groups -OCH3 is 1. The number of nitrogens with zero attached hydrogens (tertiary/aromatic N) is 1. The van der Waals surface area contributed by atoms with Crippen LogP contribution in [0.4, 0.5) is 15.3 Å². The second-order valence-electron chi connectivity index (χ2n) is 8.98. The van der Waals surface area contributed by atoms with Gasteiger partial charge in [0.25, 0.3) is 0 Å². The van der Waals surface area contributed by atoms with Gasteiger partial charge in [-0.1, -0.05) is 42.5 Å². The number of carboxylic acids is 1. The molecule has 0 saturated heterocycles. The van der Waals surface area contributed by atoms with E-state index in [0.717, 1.165) is 14.0 Å². The average molecular weight is 629 g/mol. The van der Waals surface area contributed by atoms with Crippen molar-refractivity contribution in [2.75, 3.05) is 19.0 Å². The molecule has 5 amide bonds. The molecule has 0 radical (unpaired) electrons. The molecule has 0 aliphatic heterocycles. The lowest BCUT2D eigenvalue weighted by Crippen LogP contribution is -2.52. The summed E-state index contributed by atoms with van der Waals surface area (Å²) in [7, 11) is 1.12. The van der Waals surface area contributed by atoms with E-state index in [1.807, 2.05) is 0 Å². The van der Waals surface area contributed by atoms with E-state index in [1.54, 1.807) is 42.5 Å². The number of esters is 2. The minimum absolute atomic E-state index is 0.325. The summed E-state index contributed by atoms with van der Waals surface area (Å²) in [4.78, 5) is 83.6. The molecule has 0 aliphatic carbocycles. The summed E-state index contributed by atoms with van der Waals surface area (Å²) in [6, 6.07) is 10.6. The quantitative estimate of drug-likeness (QED) is 0.0739. The molecule has 0 aromatic heterocycles. The van der Waals surface area contributed by atoms with Gasteiger partial charge in [-0.15, -0.1) is 0 Å². The lowest BCUT2D eigenvalue weighted by Gasteiger charge is -2.21. The molecule has 0 aliphatic rings. The van der Waals surface area contributed by atoms with E-state index in [2.05, 4.69) is 36.5 Å². The second kappa shape index (κ2) is 17.8. The number of benzene rings is 2. The lowest BCUT2D eigenvalue weighted by atomic mass is 10.1. The predicted octanol–water partition coefficient (Wildman–Crippen LogP) is 0.767. The Balaban J connectivity index is 1.87. The Morgan fingerprint density at radius 3 is 2.20 bits per heavy atom. The number of hydrazone groups is 1. The summed E-state index contributed by atoms with van der Waals surface area (Å²) < 4.78 is 14.1. The van der Waals surface area contributed by atoms with Gasteiger partial charge >= 0.3 is 30.0 Å². The van der Waals surface area contributed by atoms with Crippen LogP contribution in [0.25, 0.3) is 0 Å². The van der Waals surface area contributed by atoms with Crippen molar-refractivity contribution in [3.63, 3.8) is 0 Å². The molecule has 3 atom stereocenters. The summed E-state index contributed by atoms with van der Waals surface area (Å²) in [5, 5.41) is 22.3. The van der Waals surface area contributed by atoms with Crippen molar-refractivity contribution in [1.29, 1.82) is 0 Å². The van der Waals surface area contributed by atoms with Crippen LogP contribution < -0.4 is 26.7 Å². The maximum Gasteiger partial charge on any atom is 0.430 e. The minimum atomic E-state index is -1.57. The van der Waals surface area contributed by atoms with Crippen LogP contribution >= 0.6 is 0 Å². The third-order valence-corrected chi connectivity index (χ3v) is 5.44. The van der Waals surface area contributed by atoms with Crippen molar-refractivity contribution in [3.05, 3.63) is 65.7 Å². The van der Waals surface area contributed by atoms with Gasteiger partial charge in [-0.3, -0.25) is 19.2 Å². The highest BCUT2D eigenvalue weighted by Gasteiger charge is 2.30. The largest absolute Gasteiger partial charge is 0.481 e. The first-order valence-electron chi connectivity index (χ1n) is 13.1. The van der Waals surface area contributed by atoms with Gasteiger partial charge in [0.05, 0.1) is 26.3 Å². The number of amides is 5. The highest BCUT2D eigenvalue weighted by Crippen LogP contribution is 2.15.